The van der Waals surface area contributed by atoms with Crippen molar-refractivity contribution in [3.63, 3.8) is 0 Å². The minimum absolute atomic E-state index is 0.000490. The molecule has 2 aromatic rings. The van der Waals surface area contributed by atoms with E-state index in [0.717, 1.165) is 17.8 Å². The Bertz CT molecular complexity index is 566. The van der Waals surface area contributed by atoms with Gasteiger partial charge in [-0.2, -0.15) is 5.10 Å². The van der Waals surface area contributed by atoms with E-state index in [2.05, 4.69) is 44.0 Å². The Balaban J connectivity index is 2.29. The van der Waals surface area contributed by atoms with E-state index in [0.29, 0.717) is 6.54 Å². The monoisotopic (exact) mass is 290 g/mol. The van der Waals surface area contributed by atoms with Crippen LogP contribution in [0.4, 0.5) is 0 Å². The lowest BCUT2D eigenvalue weighted by Gasteiger charge is -2.29. The molecule has 0 bridgehead atoms. The number of nitrogens with two attached hydrogens (primary N) is 1. The van der Waals surface area contributed by atoms with E-state index in [1.807, 2.05) is 17.8 Å². The molecule has 5 heteroatoms. The quantitative estimate of drug-likeness (QED) is 0.919. The van der Waals surface area contributed by atoms with Gasteiger partial charge in [0.25, 0.3) is 0 Å². The second-order valence-corrected chi connectivity index (χ2v) is 6.65. The summed E-state index contributed by atoms with van der Waals surface area (Å²) < 4.78 is 7.02. The third-order valence-corrected chi connectivity index (χ3v) is 3.69. The zero-order chi connectivity index (χ0) is 15.6. The average molecular weight is 290 g/mol. The Hall–Kier alpha value is -1.59. The zero-order valence-corrected chi connectivity index (χ0v) is 13.6. The molecule has 0 amide bonds. The first-order valence-electron chi connectivity index (χ1n) is 7.28. The second kappa shape index (κ2) is 6.03. The van der Waals surface area contributed by atoms with Crippen molar-refractivity contribution in [2.24, 2.45) is 12.8 Å². The molecule has 2 aromatic heterocycles. The zero-order valence-electron chi connectivity index (χ0n) is 13.6. The van der Waals surface area contributed by atoms with Crippen molar-refractivity contribution in [2.75, 3.05) is 13.6 Å². The number of aryl methyl sites for hydroxylation is 1. The lowest BCUT2D eigenvalue weighted by Crippen LogP contribution is -2.31. The third-order valence-electron chi connectivity index (χ3n) is 3.69. The average Bonchev–Trinajstić information content (AvgIpc) is 2.99. The summed E-state index contributed by atoms with van der Waals surface area (Å²) in [7, 11) is 4.05. The van der Waals surface area contributed by atoms with Crippen molar-refractivity contribution in [2.45, 2.75) is 38.8 Å². The molecule has 0 radical (unpaired) electrons. The van der Waals surface area contributed by atoms with Crippen LogP contribution in [0.2, 0.25) is 0 Å². The second-order valence-electron chi connectivity index (χ2n) is 6.65. The van der Waals surface area contributed by atoms with Gasteiger partial charge in [-0.25, -0.2) is 0 Å². The van der Waals surface area contributed by atoms with Crippen molar-refractivity contribution in [1.82, 2.24) is 14.7 Å². The molecule has 0 aromatic carbocycles. The molecule has 0 saturated heterocycles. The van der Waals surface area contributed by atoms with E-state index in [1.165, 1.54) is 5.56 Å². The molecule has 0 aliphatic carbocycles. The standard InChI is InChI=1S/C16H26N4O/c1-16(2,3)15-13(10-20(5)18-15)14(8-17)19(4)9-12-6-7-21-11-12/h6-7,10-11,14H,8-9,17H2,1-5H3. The van der Waals surface area contributed by atoms with Gasteiger partial charge in [0.05, 0.1) is 24.3 Å². The molecule has 1 unspecified atom stereocenters. The first kappa shape index (κ1) is 15.8. The lowest BCUT2D eigenvalue weighted by atomic mass is 9.87. The van der Waals surface area contributed by atoms with Crippen LogP contribution in [0.5, 0.6) is 0 Å². The van der Waals surface area contributed by atoms with Gasteiger partial charge in [-0.15, -0.1) is 0 Å². The van der Waals surface area contributed by atoms with E-state index in [9.17, 15) is 0 Å². The van der Waals surface area contributed by atoms with Crippen LogP contribution in [0, 0.1) is 0 Å². The van der Waals surface area contributed by atoms with Gasteiger partial charge in [0.1, 0.15) is 0 Å². The molecule has 0 fully saturated rings. The van der Waals surface area contributed by atoms with Crippen molar-refractivity contribution in [3.05, 3.63) is 41.6 Å². The SMILES string of the molecule is CN(Cc1ccoc1)C(CN)c1cn(C)nc1C(C)(C)C. The maximum absolute atomic E-state index is 6.05. The predicted octanol–water partition coefficient (Wildman–Crippen LogP) is 2.44. The summed E-state index contributed by atoms with van der Waals surface area (Å²) in [5, 5.41) is 4.65. The Morgan fingerprint density at radius 1 is 1.43 bits per heavy atom. The van der Waals surface area contributed by atoms with E-state index in [4.69, 9.17) is 10.2 Å². The highest BCUT2D eigenvalue weighted by Crippen LogP contribution is 2.31. The minimum Gasteiger partial charge on any atom is -0.472 e. The summed E-state index contributed by atoms with van der Waals surface area (Å²) in [5.41, 5.74) is 9.52. The van der Waals surface area contributed by atoms with E-state index < -0.39 is 0 Å². The van der Waals surface area contributed by atoms with Crippen LogP contribution in [0.15, 0.2) is 29.2 Å². The van der Waals surface area contributed by atoms with Gasteiger partial charge in [-0.1, -0.05) is 20.8 Å². The highest BCUT2D eigenvalue weighted by molar-refractivity contribution is 5.28. The molecule has 5 nitrogen and oxygen atoms in total. The van der Waals surface area contributed by atoms with Crippen LogP contribution in [-0.2, 0) is 19.0 Å². The lowest BCUT2D eigenvalue weighted by molar-refractivity contribution is 0.238. The van der Waals surface area contributed by atoms with Gasteiger partial charge in [0.15, 0.2) is 0 Å². The van der Waals surface area contributed by atoms with Gasteiger partial charge >= 0.3 is 0 Å². The molecule has 116 valence electrons. The number of hydrogen-bond donors (Lipinski definition) is 1. The highest BCUT2D eigenvalue weighted by atomic mass is 16.3. The first-order valence-corrected chi connectivity index (χ1v) is 7.28. The van der Waals surface area contributed by atoms with E-state index in [-0.39, 0.29) is 11.5 Å². The molecule has 2 N–H and O–H groups in total. The smallest absolute Gasteiger partial charge is 0.0947 e. The Kier molecular flexibility index (Phi) is 4.54. The normalized spacial score (nSPS) is 13.9. The molecular formula is C16H26N4O. The molecule has 0 spiro atoms. The fourth-order valence-electron chi connectivity index (χ4n) is 2.66. The predicted molar refractivity (Wildman–Crippen MR) is 83.9 cm³/mol. The highest BCUT2D eigenvalue weighted by Gasteiger charge is 2.28. The van der Waals surface area contributed by atoms with Crippen LogP contribution in [0.1, 0.15) is 43.6 Å². The number of nitrogens with zero attached hydrogens (tertiary/aromatic N) is 3. The largest absolute Gasteiger partial charge is 0.472 e. The van der Waals surface area contributed by atoms with Crippen molar-refractivity contribution in [1.29, 1.82) is 0 Å². The van der Waals surface area contributed by atoms with Crippen molar-refractivity contribution < 1.29 is 4.42 Å². The maximum Gasteiger partial charge on any atom is 0.0947 e. The Morgan fingerprint density at radius 2 is 2.14 bits per heavy atom. The van der Waals surface area contributed by atoms with Gasteiger partial charge in [0.2, 0.25) is 0 Å². The topological polar surface area (TPSA) is 60.2 Å². The maximum atomic E-state index is 6.05. The van der Waals surface area contributed by atoms with Gasteiger partial charge < -0.3 is 10.2 Å². The van der Waals surface area contributed by atoms with Crippen molar-refractivity contribution >= 4 is 0 Å². The molecule has 21 heavy (non-hydrogen) atoms. The Morgan fingerprint density at radius 3 is 2.67 bits per heavy atom. The van der Waals surface area contributed by atoms with Crippen LogP contribution in [0.3, 0.4) is 0 Å². The fraction of sp³-hybridized carbons (Fsp3) is 0.562. The fourth-order valence-corrected chi connectivity index (χ4v) is 2.66. The van der Waals surface area contributed by atoms with E-state index in [1.54, 1.807) is 12.5 Å². The number of furan rings is 1. The molecule has 0 saturated carbocycles. The van der Waals surface area contributed by atoms with Crippen molar-refractivity contribution in [3.8, 4) is 0 Å². The van der Waals surface area contributed by atoms with E-state index >= 15 is 0 Å². The number of likely N-dealkylation sites (N-methyl/N-ethyl adjacent to an activating group) is 1. The molecular weight excluding hydrogens is 264 g/mol. The van der Waals surface area contributed by atoms with Gasteiger partial charge in [0, 0.05) is 42.9 Å². The number of hydrogen-bond acceptors (Lipinski definition) is 4. The molecule has 0 aliphatic rings. The van der Waals surface area contributed by atoms with Crippen LogP contribution in [-0.4, -0.2) is 28.3 Å². The summed E-state index contributed by atoms with van der Waals surface area (Å²) in [6, 6.07) is 2.13. The van der Waals surface area contributed by atoms with Gasteiger partial charge in [-0.3, -0.25) is 9.58 Å². The van der Waals surface area contributed by atoms with Crippen LogP contribution < -0.4 is 5.73 Å². The molecule has 1 atom stereocenters. The summed E-state index contributed by atoms with van der Waals surface area (Å²) in [6.07, 6.45) is 5.56. The molecule has 2 rings (SSSR count). The Labute approximate surface area is 126 Å². The third kappa shape index (κ3) is 3.54. The molecule has 2 heterocycles. The molecule has 0 aliphatic heterocycles. The van der Waals surface area contributed by atoms with Crippen LogP contribution >= 0.6 is 0 Å². The summed E-state index contributed by atoms with van der Waals surface area (Å²) >= 11 is 0. The first-order chi connectivity index (χ1) is 9.82. The summed E-state index contributed by atoms with van der Waals surface area (Å²) in [6.45, 7) is 7.91. The number of rotatable bonds is 5. The summed E-state index contributed by atoms with van der Waals surface area (Å²) in [4.78, 5) is 2.25. The van der Waals surface area contributed by atoms with Gasteiger partial charge in [-0.05, 0) is 13.1 Å². The minimum atomic E-state index is 0.000490. The number of aromatic nitrogens is 2. The van der Waals surface area contributed by atoms with Crippen LogP contribution in [0.25, 0.3) is 0 Å². The summed E-state index contributed by atoms with van der Waals surface area (Å²) in [5.74, 6) is 0.